The molecule has 0 amide bonds. The lowest BCUT2D eigenvalue weighted by molar-refractivity contribution is 0.694. The summed E-state index contributed by atoms with van der Waals surface area (Å²) in [6, 6.07) is 8.46. The van der Waals surface area contributed by atoms with E-state index in [4.69, 9.17) is 11.1 Å². The lowest BCUT2D eigenvalue weighted by Gasteiger charge is -2.30. The molecule has 0 aliphatic carbocycles. The van der Waals surface area contributed by atoms with Crippen LogP contribution in [0.1, 0.15) is 25.3 Å². The molecule has 86 valence electrons. The first-order valence-corrected chi connectivity index (χ1v) is 5.88. The van der Waals surface area contributed by atoms with Crippen LogP contribution in [0.15, 0.2) is 24.3 Å². The third-order valence-corrected chi connectivity index (χ3v) is 3.31. The van der Waals surface area contributed by atoms with Crippen LogP contribution < -0.4 is 10.6 Å². The van der Waals surface area contributed by atoms with Gasteiger partial charge in [0.25, 0.3) is 0 Å². The summed E-state index contributed by atoms with van der Waals surface area (Å²) in [5.41, 5.74) is 8.25. The molecule has 0 bridgehead atoms. The summed E-state index contributed by atoms with van der Waals surface area (Å²) in [5, 5.41) is 7.59. The van der Waals surface area contributed by atoms with Gasteiger partial charge in [0.2, 0.25) is 0 Å². The molecule has 1 unspecified atom stereocenters. The number of para-hydroxylation sites is 1. The fraction of sp³-hybridized carbons (Fsp3) is 0.462. The molecule has 0 saturated heterocycles. The van der Waals surface area contributed by atoms with Crippen molar-refractivity contribution in [2.75, 3.05) is 11.4 Å². The van der Waals surface area contributed by atoms with Gasteiger partial charge in [-0.1, -0.05) is 18.2 Å². The highest BCUT2D eigenvalue weighted by molar-refractivity contribution is 5.86. The molecule has 1 aromatic rings. The van der Waals surface area contributed by atoms with Crippen LogP contribution >= 0.6 is 0 Å². The van der Waals surface area contributed by atoms with Crippen LogP contribution in [0.5, 0.6) is 0 Å². The monoisotopic (exact) mass is 217 g/mol. The van der Waals surface area contributed by atoms with E-state index in [0.717, 1.165) is 13.0 Å². The molecule has 16 heavy (non-hydrogen) atoms. The highest BCUT2D eigenvalue weighted by atomic mass is 15.2. The quantitative estimate of drug-likeness (QED) is 0.589. The Balaban J connectivity index is 2.36. The van der Waals surface area contributed by atoms with Crippen LogP contribution in [0.25, 0.3) is 0 Å². The minimum atomic E-state index is -0.000694. The maximum Gasteiger partial charge on any atom is 0.113 e. The number of rotatable bonds is 2. The van der Waals surface area contributed by atoms with Gasteiger partial charge in [0, 0.05) is 12.2 Å². The van der Waals surface area contributed by atoms with Crippen molar-refractivity contribution in [3.63, 3.8) is 0 Å². The Morgan fingerprint density at radius 2 is 2.12 bits per heavy atom. The van der Waals surface area contributed by atoms with Gasteiger partial charge in [-0.2, -0.15) is 0 Å². The first-order chi connectivity index (χ1) is 7.70. The lowest BCUT2D eigenvalue weighted by atomic mass is 10.1. The third kappa shape index (κ3) is 2.03. The molecule has 1 aromatic carbocycles. The molecule has 3 N–H and O–H groups in total. The maximum atomic E-state index is 7.59. The molecule has 0 radical (unpaired) electrons. The normalized spacial score (nSPS) is 17.4. The van der Waals surface area contributed by atoms with Gasteiger partial charge >= 0.3 is 0 Å². The molecule has 3 heteroatoms. The van der Waals surface area contributed by atoms with E-state index < -0.39 is 0 Å². The number of hydrogen-bond donors (Lipinski definition) is 2. The standard InChI is InChI=1S/C13H19N3/c1-10(13(14)15)16-9-5-4-7-11-6-2-3-8-12(11)16/h2-3,6,8,10H,4-5,7,9H2,1H3,(H3,14,15). The van der Waals surface area contributed by atoms with E-state index in [9.17, 15) is 0 Å². The van der Waals surface area contributed by atoms with E-state index in [1.165, 1.54) is 24.1 Å². The zero-order chi connectivity index (χ0) is 11.5. The van der Waals surface area contributed by atoms with Crippen molar-refractivity contribution >= 4 is 11.5 Å². The van der Waals surface area contributed by atoms with Gasteiger partial charge in [-0.3, -0.25) is 5.41 Å². The largest absolute Gasteiger partial charge is 0.386 e. The molecule has 1 aliphatic heterocycles. The summed E-state index contributed by atoms with van der Waals surface area (Å²) < 4.78 is 0. The van der Waals surface area contributed by atoms with Crippen LogP contribution in [0, 0.1) is 5.41 Å². The first-order valence-electron chi connectivity index (χ1n) is 5.88. The fourth-order valence-electron chi connectivity index (χ4n) is 2.29. The second-order valence-electron chi connectivity index (χ2n) is 4.41. The zero-order valence-electron chi connectivity index (χ0n) is 9.74. The first kappa shape index (κ1) is 11.0. The molecule has 1 atom stereocenters. The van der Waals surface area contributed by atoms with Crippen LogP contribution in [-0.4, -0.2) is 18.4 Å². The number of aryl methyl sites for hydroxylation is 1. The second kappa shape index (κ2) is 4.56. The lowest BCUT2D eigenvalue weighted by Crippen LogP contribution is -2.43. The Bertz CT molecular complexity index is 387. The highest BCUT2D eigenvalue weighted by Gasteiger charge is 2.21. The van der Waals surface area contributed by atoms with Crippen LogP contribution in [0.2, 0.25) is 0 Å². The number of hydrogen-bond acceptors (Lipinski definition) is 2. The van der Waals surface area contributed by atoms with Crippen LogP contribution in [0.4, 0.5) is 5.69 Å². The van der Waals surface area contributed by atoms with Gasteiger partial charge in [-0.25, -0.2) is 0 Å². The van der Waals surface area contributed by atoms with E-state index in [2.05, 4.69) is 29.2 Å². The Hall–Kier alpha value is -1.51. The van der Waals surface area contributed by atoms with E-state index in [-0.39, 0.29) is 11.9 Å². The number of benzene rings is 1. The van der Waals surface area contributed by atoms with E-state index >= 15 is 0 Å². The molecule has 0 fully saturated rings. The molecule has 0 aromatic heterocycles. The topological polar surface area (TPSA) is 53.1 Å². The number of nitrogens with zero attached hydrogens (tertiary/aromatic N) is 1. The molecular formula is C13H19N3. The Morgan fingerprint density at radius 3 is 2.88 bits per heavy atom. The van der Waals surface area contributed by atoms with Gasteiger partial charge in [-0.05, 0) is 37.8 Å². The summed E-state index contributed by atoms with van der Waals surface area (Å²) in [5.74, 6) is 0.247. The number of nitrogens with two attached hydrogens (primary N) is 1. The molecular weight excluding hydrogens is 198 g/mol. The van der Waals surface area contributed by atoms with Gasteiger partial charge in [0.1, 0.15) is 5.84 Å². The number of amidine groups is 1. The Morgan fingerprint density at radius 1 is 1.38 bits per heavy atom. The number of nitrogens with one attached hydrogen (secondary N) is 1. The summed E-state index contributed by atoms with van der Waals surface area (Å²) in [6.07, 6.45) is 3.53. The highest BCUT2D eigenvalue weighted by Crippen LogP contribution is 2.27. The van der Waals surface area contributed by atoms with E-state index in [1.807, 2.05) is 6.92 Å². The van der Waals surface area contributed by atoms with Crippen molar-refractivity contribution in [2.24, 2.45) is 5.73 Å². The summed E-state index contributed by atoms with van der Waals surface area (Å²) >= 11 is 0. The summed E-state index contributed by atoms with van der Waals surface area (Å²) in [7, 11) is 0. The third-order valence-electron chi connectivity index (χ3n) is 3.31. The average molecular weight is 217 g/mol. The number of fused-ring (bicyclic) bond motifs is 1. The van der Waals surface area contributed by atoms with Gasteiger partial charge in [-0.15, -0.1) is 0 Å². The predicted molar refractivity (Wildman–Crippen MR) is 68.1 cm³/mol. The summed E-state index contributed by atoms with van der Waals surface area (Å²) in [6.45, 7) is 3.00. The smallest absolute Gasteiger partial charge is 0.113 e. The SMILES string of the molecule is CC(C(=N)N)N1CCCCc2ccccc21. The van der Waals surface area contributed by atoms with Crippen molar-refractivity contribution in [1.29, 1.82) is 5.41 Å². The van der Waals surface area contributed by atoms with Crippen molar-refractivity contribution in [3.8, 4) is 0 Å². The molecule has 0 spiro atoms. The van der Waals surface area contributed by atoms with Gasteiger partial charge in [0.15, 0.2) is 0 Å². The molecule has 0 saturated carbocycles. The average Bonchev–Trinajstić information content (AvgIpc) is 2.50. The van der Waals surface area contributed by atoms with E-state index in [1.54, 1.807) is 0 Å². The molecule has 3 nitrogen and oxygen atoms in total. The minimum Gasteiger partial charge on any atom is -0.386 e. The minimum absolute atomic E-state index is 0.000694. The van der Waals surface area contributed by atoms with Crippen LogP contribution in [0.3, 0.4) is 0 Å². The van der Waals surface area contributed by atoms with Crippen molar-refractivity contribution in [3.05, 3.63) is 29.8 Å². The van der Waals surface area contributed by atoms with Crippen molar-refractivity contribution in [2.45, 2.75) is 32.2 Å². The van der Waals surface area contributed by atoms with Crippen LogP contribution in [-0.2, 0) is 6.42 Å². The Kier molecular flexibility index (Phi) is 3.13. The maximum absolute atomic E-state index is 7.59. The van der Waals surface area contributed by atoms with E-state index in [0.29, 0.717) is 0 Å². The van der Waals surface area contributed by atoms with Gasteiger partial charge in [0.05, 0.1) is 6.04 Å². The van der Waals surface area contributed by atoms with Crippen molar-refractivity contribution < 1.29 is 0 Å². The predicted octanol–water partition coefficient (Wildman–Crippen LogP) is 2.15. The Labute approximate surface area is 96.8 Å². The number of anilines is 1. The zero-order valence-corrected chi connectivity index (χ0v) is 9.74. The van der Waals surface area contributed by atoms with Crippen molar-refractivity contribution in [1.82, 2.24) is 0 Å². The summed E-state index contributed by atoms with van der Waals surface area (Å²) in [4.78, 5) is 2.25. The molecule has 2 rings (SSSR count). The fourth-order valence-corrected chi connectivity index (χ4v) is 2.29. The molecule has 1 aliphatic rings. The molecule has 1 heterocycles. The van der Waals surface area contributed by atoms with Gasteiger partial charge < -0.3 is 10.6 Å². The second-order valence-corrected chi connectivity index (χ2v) is 4.41.